The molecule has 0 aliphatic carbocycles. The first-order chi connectivity index (χ1) is 13.8. The molecule has 0 spiro atoms. The van der Waals surface area contributed by atoms with E-state index in [1.54, 1.807) is 0 Å². The molecule has 1 aromatic carbocycles. The van der Waals surface area contributed by atoms with E-state index in [0.717, 1.165) is 13.4 Å². The second kappa shape index (κ2) is 8.83. The van der Waals surface area contributed by atoms with Crippen LogP contribution in [0, 0.1) is 0 Å². The zero-order chi connectivity index (χ0) is 22.7. The Bertz CT molecular complexity index is 1130. The number of halogens is 4. The lowest BCUT2D eigenvalue weighted by molar-refractivity contribution is -0.138. The average molecular weight is 467 g/mol. The molecular weight excluding hydrogens is 453 g/mol. The van der Waals surface area contributed by atoms with Crippen LogP contribution in [-0.4, -0.2) is 56.4 Å². The van der Waals surface area contributed by atoms with Gasteiger partial charge in [-0.05, 0) is 18.2 Å². The van der Waals surface area contributed by atoms with Crippen molar-refractivity contribution in [2.24, 2.45) is 10.7 Å². The fourth-order valence-corrected chi connectivity index (χ4v) is 2.90. The van der Waals surface area contributed by atoms with Gasteiger partial charge in [0.1, 0.15) is 18.0 Å². The van der Waals surface area contributed by atoms with E-state index in [2.05, 4.69) is 19.9 Å². The van der Waals surface area contributed by atoms with Crippen molar-refractivity contribution < 1.29 is 35.5 Å². The van der Waals surface area contributed by atoms with Gasteiger partial charge in [0, 0.05) is 11.8 Å². The van der Waals surface area contributed by atoms with Crippen LogP contribution >= 0.6 is 11.6 Å². The van der Waals surface area contributed by atoms with Gasteiger partial charge in [-0.15, -0.1) is 10.2 Å². The van der Waals surface area contributed by atoms with Crippen molar-refractivity contribution in [1.82, 2.24) is 10.2 Å². The molecule has 2 rings (SSSR count). The second-order valence-corrected chi connectivity index (χ2v) is 8.07. The van der Waals surface area contributed by atoms with Crippen LogP contribution in [0.4, 0.5) is 13.2 Å². The number of benzene rings is 1. The summed E-state index contributed by atoms with van der Waals surface area (Å²) in [7, 11) is -2.49. The van der Waals surface area contributed by atoms with E-state index in [4.69, 9.17) is 21.8 Å². The molecule has 1 heterocycles. The van der Waals surface area contributed by atoms with Gasteiger partial charge in [-0.25, -0.2) is 8.42 Å². The molecule has 0 amide bonds. The van der Waals surface area contributed by atoms with Gasteiger partial charge < -0.3 is 14.9 Å². The number of methoxy groups -OCH3 is 1. The van der Waals surface area contributed by atoms with Gasteiger partial charge in [0.05, 0.1) is 17.0 Å². The Hall–Kier alpha value is -2.93. The number of nitrogens with zero attached hydrogens (tertiary/aromatic N) is 3. The van der Waals surface area contributed by atoms with Crippen LogP contribution in [0.15, 0.2) is 49.3 Å². The van der Waals surface area contributed by atoms with Gasteiger partial charge in [0.15, 0.2) is 9.84 Å². The van der Waals surface area contributed by atoms with Gasteiger partial charge in [-0.3, -0.25) is 9.79 Å². The van der Waals surface area contributed by atoms with Crippen LogP contribution in [0.1, 0.15) is 5.89 Å². The molecule has 0 aliphatic rings. The maximum absolute atomic E-state index is 12.9. The van der Waals surface area contributed by atoms with Crippen LogP contribution < -0.4 is 5.73 Å². The third-order valence-electron chi connectivity index (χ3n) is 3.48. The number of hydrogen-bond acceptors (Lipinski definition) is 9. The molecule has 2 N–H and O–H groups in total. The summed E-state index contributed by atoms with van der Waals surface area (Å²) in [5.41, 5.74) is 2.83. The first kappa shape index (κ1) is 23.3. The van der Waals surface area contributed by atoms with E-state index in [9.17, 15) is 26.4 Å². The Balaban J connectivity index is 2.55. The number of esters is 1. The first-order valence-electron chi connectivity index (χ1n) is 7.83. The molecule has 2 aromatic rings. The molecule has 1 aromatic heterocycles. The lowest BCUT2D eigenvalue weighted by atomic mass is 10.2. The van der Waals surface area contributed by atoms with Crippen LogP contribution in [0.25, 0.3) is 11.5 Å². The van der Waals surface area contributed by atoms with E-state index < -0.39 is 50.9 Å². The van der Waals surface area contributed by atoms with Crippen LogP contribution in [-0.2, 0) is 19.4 Å². The zero-order valence-electron chi connectivity index (χ0n) is 15.4. The fourth-order valence-electron chi connectivity index (χ4n) is 1.99. The molecule has 0 radical (unpaired) electrons. The van der Waals surface area contributed by atoms with Crippen molar-refractivity contribution >= 4 is 33.1 Å². The molecule has 0 bridgehead atoms. The molecule has 0 unspecified atom stereocenters. The van der Waals surface area contributed by atoms with Gasteiger partial charge in [-0.2, -0.15) is 13.2 Å². The molecule has 0 saturated carbocycles. The van der Waals surface area contributed by atoms with Gasteiger partial charge in [0.2, 0.25) is 5.89 Å². The van der Waals surface area contributed by atoms with E-state index >= 15 is 0 Å². The Morgan fingerprint density at radius 2 is 2.00 bits per heavy atom. The summed E-state index contributed by atoms with van der Waals surface area (Å²) in [4.78, 5) is 14.9. The molecule has 0 fully saturated rings. The van der Waals surface area contributed by atoms with Crippen molar-refractivity contribution in [3.05, 3.63) is 40.9 Å². The normalized spacial score (nSPS) is 13.7. The molecule has 0 aliphatic heterocycles. The molecule has 9 nitrogen and oxygen atoms in total. The summed E-state index contributed by atoms with van der Waals surface area (Å²) < 4.78 is 71.9. The van der Waals surface area contributed by atoms with Crippen molar-refractivity contribution in [2.75, 3.05) is 19.9 Å². The lowest BCUT2D eigenvalue weighted by Crippen LogP contribution is -2.24. The monoisotopic (exact) mass is 466 g/mol. The molecule has 0 atom stereocenters. The summed E-state index contributed by atoms with van der Waals surface area (Å²) in [6.07, 6.45) is -4.00. The number of ether oxygens (including phenoxy) is 1. The summed E-state index contributed by atoms with van der Waals surface area (Å²) in [5, 5.41) is 6.19. The van der Waals surface area contributed by atoms with E-state index in [1.165, 1.54) is 24.3 Å². The van der Waals surface area contributed by atoms with Gasteiger partial charge in [-0.1, -0.05) is 17.7 Å². The molecule has 162 valence electrons. The number of carbonyl (C=O) groups excluding carboxylic acids is 1. The predicted molar refractivity (Wildman–Crippen MR) is 99.4 cm³/mol. The molecule has 14 heteroatoms. The highest BCUT2D eigenvalue weighted by molar-refractivity contribution is 7.90. The first-order valence-corrected chi connectivity index (χ1v) is 10.1. The number of hydrogen-bond donors (Lipinski definition) is 1. The third kappa shape index (κ3) is 5.57. The summed E-state index contributed by atoms with van der Waals surface area (Å²) in [5.74, 6) is -1.67. The summed E-state index contributed by atoms with van der Waals surface area (Å²) in [6.45, 7) is -0.700. The Morgan fingerprint density at radius 3 is 2.57 bits per heavy atom. The van der Waals surface area contributed by atoms with Crippen molar-refractivity contribution in [3.63, 3.8) is 0 Å². The van der Waals surface area contributed by atoms with Crippen molar-refractivity contribution in [2.45, 2.75) is 11.1 Å². The largest absolute Gasteiger partial charge is 0.468 e. The van der Waals surface area contributed by atoms with Crippen LogP contribution in [0.5, 0.6) is 0 Å². The number of rotatable bonds is 6. The Labute approximate surface area is 173 Å². The van der Waals surface area contributed by atoms with Crippen molar-refractivity contribution in [3.8, 4) is 11.5 Å². The number of alkyl halides is 3. The van der Waals surface area contributed by atoms with Gasteiger partial charge in [0.25, 0.3) is 5.89 Å². The summed E-state index contributed by atoms with van der Waals surface area (Å²) in [6, 6.07) is 5.43. The van der Waals surface area contributed by atoms with E-state index in [1.807, 2.05) is 0 Å². The zero-order valence-corrected chi connectivity index (χ0v) is 17.0. The Morgan fingerprint density at radius 1 is 1.33 bits per heavy atom. The standard InChI is InChI=1S/C16H14ClF3N4O5S/c1-28-10(25)7-22-12(11(17)13(21)16(18,19)20)15-24-23-14(29-15)8-4-3-5-9(6-8)30(2,26)27/h3-6H,7,21H2,1-2H3/b13-11+,22-12?. The van der Waals surface area contributed by atoms with Crippen molar-refractivity contribution in [1.29, 1.82) is 0 Å². The minimum Gasteiger partial charge on any atom is -0.468 e. The van der Waals surface area contributed by atoms with E-state index in [0.29, 0.717) is 0 Å². The quantitative estimate of drug-likeness (QED) is 0.504. The lowest BCUT2D eigenvalue weighted by Gasteiger charge is -2.09. The maximum atomic E-state index is 12.9. The highest BCUT2D eigenvalue weighted by Crippen LogP contribution is 2.29. The fraction of sp³-hybridized carbons (Fsp3) is 0.250. The minimum absolute atomic E-state index is 0.0430. The smallest absolute Gasteiger partial charge is 0.432 e. The highest BCUT2D eigenvalue weighted by Gasteiger charge is 2.36. The number of aliphatic imine (C=N–C) groups is 1. The minimum atomic E-state index is -4.99. The number of nitrogens with two attached hydrogens (primary N) is 1. The average Bonchev–Trinajstić information content (AvgIpc) is 3.15. The SMILES string of the molecule is COC(=O)CN=C(/C(Cl)=C(\N)C(F)(F)F)c1nnc(-c2cccc(S(C)(=O)=O)c2)o1. The number of sulfone groups is 1. The topological polar surface area (TPSA) is 138 Å². The van der Waals surface area contributed by atoms with Crippen LogP contribution in [0.2, 0.25) is 0 Å². The number of carbonyl (C=O) groups is 1. The molecule has 30 heavy (non-hydrogen) atoms. The summed E-state index contributed by atoms with van der Waals surface area (Å²) >= 11 is 5.73. The highest BCUT2D eigenvalue weighted by atomic mass is 35.5. The molecular formula is C16H14ClF3N4O5S. The predicted octanol–water partition coefficient (Wildman–Crippen LogP) is 2.07. The second-order valence-electron chi connectivity index (χ2n) is 5.68. The molecule has 0 saturated heterocycles. The van der Waals surface area contributed by atoms with Crippen LogP contribution in [0.3, 0.4) is 0 Å². The number of allylic oxidation sites excluding steroid dienone is 2. The van der Waals surface area contributed by atoms with E-state index in [-0.39, 0.29) is 16.3 Å². The number of aromatic nitrogens is 2. The Kier molecular flexibility index (Phi) is 6.87. The maximum Gasteiger partial charge on any atom is 0.432 e. The van der Waals surface area contributed by atoms with Gasteiger partial charge >= 0.3 is 12.1 Å². The third-order valence-corrected chi connectivity index (χ3v) is 4.97.